The molecule has 2 aromatic carbocycles. The number of nitrogens with one attached hydrogen (secondary N) is 1. The largest absolute Gasteiger partial charge is 0.435 e. The average Bonchev–Trinajstić information content (AvgIpc) is 2.45. The molecule has 21 heavy (non-hydrogen) atoms. The Kier molecular flexibility index (Phi) is 5.05. The van der Waals surface area contributed by atoms with Gasteiger partial charge in [0.25, 0.3) is 0 Å². The van der Waals surface area contributed by atoms with Crippen molar-refractivity contribution in [2.75, 3.05) is 11.9 Å². The van der Waals surface area contributed by atoms with Crippen LogP contribution in [-0.4, -0.2) is 18.3 Å². The Balaban J connectivity index is 1.90. The van der Waals surface area contributed by atoms with E-state index in [0.29, 0.717) is 11.3 Å². The fourth-order valence-corrected chi connectivity index (χ4v) is 1.80. The van der Waals surface area contributed by atoms with Crippen molar-refractivity contribution in [3.8, 4) is 5.75 Å². The molecule has 1 atom stereocenters. The molecule has 1 unspecified atom stereocenters. The molecule has 0 fully saturated rings. The van der Waals surface area contributed by atoms with Crippen molar-refractivity contribution >= 4 is 5.69 Å². The summed E-state index contributed by atoms with van der Waals surface area (Å²) in [5.74, 6) is -0.360. The van der Waals surface area contributed by atoms with Crippen molar-refractivity contribution in [3.63, 3.8) is 0 Å². The van der Waals surface area contributed by atoms with Crippen LogP contribution in [0.3, 0.4) is 0 Å². The first-order valence-corrected chi connectivity index (χ1v) is 6.27. The van der Waals surface area contributed by atoms with Gasteiger partial charge >= 0.3 is 6.61 Å². The maximum absolute atomic E-state index is 13.0. The third-order valence-corrected chi connectivity index (χ3v) is 2.81. The van der Waals surface area contributed by atoms with E-state index in [2.05, 4.69) is 10.1 Å². The van der Waals surface area contributed by atoms with E-state index in [4.69, 9.17) is 0 Å². The predicted molar refractivity (Wildman–Crippen MR) is 72.9 cm³/mol. The SMILES string of the molecule is OC(CNc1ccc(OC(F)F)cc1)c1cccc(F)c1. The first-order valence-electron chi connectivity index (χ1n) is 6.27. The van der Waals surface area contributed by atoms with Gasteiger partial charge in [-0.25, -0.2) is 4.39 Å². The van der Waals surface area contributed by atoms with Gasteiger partial charge in [0, 0.05) is 12.2 Å². The highest BCUT2D eigenvalue weighted by Gasteiger charge is 2.08. The minimum absolute atomic E-state index is 0.0567. The Morgan fingerprint density at radius 1 is 1.10 bits per heavy atom. The molecular formula is C15H14F3NO2. The fourth-order valence-electron chi connectivity index (χ4n) is 1.80. The molecule has 0 saturated heterocycles. The second kappa shape index (κ2) is 6.99. The summed E-state index contributed by atoms with van der Waals surface area (Å²) in [4.78, 5) is 0. The Morgan fingerprint density at radius 2 is 1.81 bits per heavy atom. The van der Waals surface area contributed by atoms with Crippen LogP contribution in [0.1, 0.15) is 11.7 Å². The average molecular weight is 297 g/mol. The number of benzene rings is 2. The summed E-state index contributed by atoms with van der Waals surface area (Å²) < 4.78 is 41.2. The molecule has 0 heterocycles. The summed E-state index contributed by atoms with van der Waals surface area (Å²) in [5, 5.41) is 12.9. The van der Waals surface area contributed by atoms with E-state index in [0.717, 1.165) is 0 Å². The maximum atomic E-state index is 13.0. The Hall–Kier alpha value is -2.21. The van der Waals surface area contributed by atoms with Crippen molar-refractivity contribution in [1.29, 1.82) is 0 Å². The van der Waals surface area contributed by atoms with E-state index >= 15 is 0 Å². The molecule has 0 aliphatic heterocycles. The van der Waals surface area contributed by atoms with Gasteiger partial charge in [-0.05, 0) is 42.0 Å². The van der Waals surface area contributed by atoms with Crippen LogP contribution in [0.5, 0.6) is 5.75 Å². The van der Waals surface area contributed by atoms with Crippen molar-refractivity contribution in [2.45, 2.75) is 12.7 Å². The van der Waals surface area contributed by atoms with Crippen LogP contribution in [0.4, 0.5) is 18.9 Å². The zero-order valence-electron chi connectivity index (χ0n) is 11.0. The standard InChI is InChI=1S/C15H14F3NO2/c16-11-3-1-2-10(8-11)14(20)9-19-12-4-6-13(7-5-12)21-15(17)18/h1-8,14-15,19-20H,9H2. The molecular weight excluding hydrogens is 283 g/mol. The number of hydrogen-bond acceptors (Lipinski definition) is 3. The van der Waals surface area contributed by atoms with Crippen molar-refractivity contribution in [2.24, 2.45) is 0 Å². The molecule has 0 aliphatic rings. The molecule has 2 N–H and O–H groups in total. The second-order valence-electron chi connectivity index (χ2n) is 4.35. The van der Waals surface area contributed by atoms with Crippen molar-refractivity contribution in [3.05, 3.63) is 59.9 Å². The zero-order valence-corrected chi connectivity index (χ0v) is 11.0. The Morgan fingerprint density at radius 3 is 2.43 bits per heavy atom. The summed E-state index contributed by atoms with van der Waals surface area (Å²) in [5.41, 5.74) is 1.09. The Bertz CT molecular complexity index is 575. The summed E-state index contributed by atoms with van der Waals surface area (Å²) in [7, 11) is 0. The van der Waals surface area contributed by atoms with Crippen LogP contribution < -0.4 is 10.1 Å². The van der Waals surface area contributed by atoms with Crippen molar-refractivity contribution in [1.82, 2.24) is 0 Å². The summed E-state index contributed by atoms with van der Waals surface area (Å²) in [6, 6.07) is 11.6. The molecule has 6 heteroatoms. The second-order valence-corrected chi connectivity index (χ2v) is 4.35. The number of ether oxygens (including phenoxy) is 1. The van der Waals surface area contributed by atoms with Crippen LogP contribution in [-0.2, 0) is 0 Å². The first-order chi connectivity index (χ1) is 10.0. The molecule has 112 valence electrons. The van der Waals surface area contributed by atoms with E-state index in [-0.39, 0.29) is 12.3 Å². The molecule has 3 nitrogen and oxygen atoms in total. The minimum Gasteiger partial charge on any atom is -0.435 e. The van der Waals surface area contributed by atoms with Gasteiger partial charge in [-0.1, -0.05) is 12.1 Å². The van der Waals surface area contributed by atoms with E-state index in [1.807, 2.05) is 0 Å². The lowest BCUT2D eigenvalue weighted by atomic mass is 10.1. The van der Waals surface area contributed by atoms with Gasteiger partial charge < -0.3 is 15.2 Å². The van der Waals surface area contributed by atoms with Crippen LogP contribution in [0.2, 0.25) is 0 Å². The predicted octanol–water partition coefficient (Wildman–Crippen LogP) is 3.57. The van der Waals surface area contributed by atoms with Gasteiger partial charge in [-0.3, -0.25) is 0 Å². The number of rotatable bonds is 6. The lowest BCUT2D eigenvalue weighted by Gasteiger charge is -2.13. The Labute approximate surface area is 120 Å². The van der Waals surface area contributed by atoms with Crippen LogP contribution in [0.25, 0.3) is 0 Å². The van der Waals surface area contributed by atoms with Crippen LogP contribution in [0.15, 0.2) is 48.5 Å². The van der Waals surface area contributed by atoms with Gasteiger partial charge in [-0.15, -0.1) is 0 Å². The highest BCUT2D eigenvalue weighted by atomic mass is 19.3. The zero-order chi connectivity index (χ0) is 15.2. The number of aliphatic hydroxyl groups is 1. The molecule has 0 radical (unpaired) electrons. The highest BCUT2D eigenvalue weighted by molar-refractivity contribution is 5.46. The third kappa shape index (κ3) is 4.68. The smallest absolute Gasteiger partial charge is 0.387 e. The summed E-state index contributed by atoms with van der Waals surface area (Å²) in [6.45, 7) is -2.70. The topological polar surface area (TPSA) is 41.5 Å². The lowest BCUT2D eigenvalue weighted by Crippen LogP contribution is -2.12. The summed E-state index contributed by atoms with van der Waals surface area (Å²) >= 11 is 0. The molecule has 0 amide bonds. The first kappa shape index (κ1) is 15.2. The minimum atomic E-state index is -2.86. The molecule has 0 aliphatic carbocycles. The molecule has 0 aromatic heterocycles. The number of anilines is 1. The molecule has 2 aromatic rings. The number of aliphatic hydroxyl groups excluding tert-OH is 1. The molecule has 0 spiro atoms. The van der Waals surface area contributed by atoms with Gasteiger partial charge in [0.1, 0.15) is 11.6 Å². The third-order valence-electron chi connectivity index (χ3n) is 2.81. The lowest BCUT2D eigenvalue weighted by molar-refractivity contribution is -0.0498. The van der Waals surface area contributed by atoms with Crippen molar-refractivity contribution < 1.29 is 23.0 Å². The molecule has 0 saturated carbocycles. The van der Waals surface area contributed by atoms with Crippen LogP contribution >= 0.6 is 0 Å². The number of alkyl halides is 2. The highest BCUT2D eigenvalue weighted by Crippen LogP contribution is 2.19. The van der Waals surface area contributed by atoms with E-state index in [1.54, 1.807) is 18.2 Å². The number of halogens is 3. The monoisotopic (exact) mass is 297 g/mol. The fraction of sp³-hybridized carbons (Fsp3) is 0.200. The number of hydrogen-bond donors (Lipinski definition) is 2. The van der Waals surface area contributed by atoms with Gasteiger partial charge in [0.15, 0.2) is 0 Å². The van der Waals surface area contributed by atoms with E-state index < -0.39 is 18.5 Å². The van der Waals surface area contributed by atoms with E-state index in [1.165, 1.54) is 30.3 Å². The van der Waals surface area contributed by atoms with Gasteiger partial charge in [0.2, 0.25) is 0 Å². The quantitative estimate of drug-likeness (QED) is 0.856. The van der Waals surface area contributed by atoms with Gasteiger partial charge in [-0.2, -0.15) is 8.78 Å². The normalized spacial score (nSPS) is 12.2. The maximum Gasteiger partial charge on any atom is 0.387 e. The van der Waals surface area contributed by atoms with Crippen LogP contribution in [0, 0.1) is 5.82 Å². The molecule has 0 bridgehead atoms. The summed E-state index contributed by atoms with van der Waals surface area (Å²) in [6.07, 6.45) is -0.877. The molecule has 2 rings (SSSR count). The van der Waals surface area contributed by atoms with Gasteiger partial charge in [0.05, 0.1) is 6.10 Å². The van der Waals surface area contributed by atoms with E-state index in [9.17, 15) is 18.3 Å².